The third kappa shape index (κ3) is 7.09. The molecule has 0 radical (unpaired) electrons. The zero-order valence-electron chi connectivity index (χ0n) is 8.94. The van der Waals surface area contributed by atoms with Crippen LogP contribution in [0.4, 0.5) is 0 Å². The van der Waals surface area contributed by atoms with E-state index < -0.39 is 0 Å². The first-order valence-corrected chi connectivity index (χ1v) is 4.48. The highest BCUT2D eigenvalue weighted by atomic mass is 14.9. The second kappa shape index (κ2) is 6.88. The van der Waals surface area contributed by atoms with Crippen LogP contribution in [0.2, 0.25) is 0 Å². The van der Waals surface area contributed by atoms with Crippen LogP contribution in [0.1, 0.15) is 20.8 Å². The Morgan fingerprint density at radius 3 is 2.50 bits per heavy atom. The van der Waals surface area contributed by atoms with Gasteiger partial charge in [-0.3, -0.25) is 4.99 Å². The van der Waals surface area contributed by atoms with Crippen molar-refractivity contribution in [1.82, 2.24) is 0 Å². The van der Waals surface area contributed by atoms with Crippen LogP contribution in [-0.2, 0) is 0 Å². The SMILES string of the molecule is C/C=C\C(N)=N/C(C)/C=C\N=C(/C)N. The topological polar surface area (TPSA) is 76.8 Å². The molecule has 0 rings (SSSR count). The van der Waals surface area contributed by atoms with E-state index in [1.165, 1.54) is 0 Å². The maximum atomic E-state index is 5.59. The molecule has 0 saturated heterocycles. The molecule has 0 bridgehead atoms. The molecule has 4 heteroatoms. The van der Waals surface area contributed by atoms with Gasteiger partial charge >= 0.3 is 0 Å². The molecule has 4 N–H and O–H groups in total. The molecule has 0 aromatic carbocycles. The number of amidine groups is 2. The van der Waals surface area contributed by atoms with E-state index in [9.17, 15) is 0 Å². The predicted octanol–water partition coefficient (Wildman–Crippen LogP) is 1.20. The van der Waals surface area contributed by atoms with Gasteiger partial charge in [-0.1, -0.05) is 6.08 Å². The van der Waals surface area contributed by atoms with Crippen LogP contribution in [0.15, 0.2) is 34.4 Å². The van der Waals surface area contributed by atoms with Gasteiger partial charge in [-0.2, -0.15) is 0 Å². The summed E-state index contributed by atoms with van der Waals surface area (Å²) < 4.78 is 0. The fourth-order valence-corrected chi connectivity index (χ4v) is 0.777. The first-order chi connectivity index (χ1) is 6.56. The van der Waals surface area contributed by atoms with E-state index in [0.29, 0.717) is 11.7 Å². The zero-order chi connectivity index (χ0) is 11.0. The molecule has 0 aliphatic heterocycles. The third-order valence-electron chi connectivity index (χ3n) is 1.33. The maximum absolute atomic E-state index is 5.59. The van der Waals surface area contributed by atoms with Crippen molar-refractivity contribution < 1.29 is 0 Å². The molecular formula is C10H18N4. The normalized spacial score (nSPS) is 16.8. The average molecular weight is 194 g/mol. The fourth-order valence-electron chi connectivity index (χ4n) is 0.777. The number of allylic oxidation sites excluding steroid dienone is 1. The molecule has 0 aliphatic rings. The summed E-state index contributed by atoms with van der Waals surface area (Å²) in [5.74, 6) is 1.04. The Labute approximate surface area is 85.1 Å². The Morgan fingerprint density at radius 1 is 1.36 bits per heavy atom. The van der Waals surface area contributed by atoms with E-state index in [1.54, 1.807) is 19.2 Å². The van der Waals surface area contributed by atoms with Crippen LogP contribution < -0.4 is 11.5 Å². The van der Waals surface area contributed by atoms with Crippen molar-refractivity contribution in [3.8, 4) is 0 Å². The summed E-state index contributed by atoms with van der Waals surface area (Å²) in [7, 11) is 0. The van der Waals surface area contributed by atoms with Gasteiger partial charge in [-0.05, 0) is 32.9 Å². The third-order valence-corrected chi connectivity index (χ3v) is 1.33. The molecule has 0 aromatic rings. The molecule has 0 aliphatic carbocycles. The van der Waals surface area contributed by atoms with Crippen molar-refractivity contribution in [2.24, 2.45) is 21.5 Å². The highest BCUT2D eigenvalue weighted by molar-refractivity contribution is 5.91. The van der Waals surface area contributed by atoms with E-state index in [0.717, 1.165) is 0 Å². The van der Waals surface area contributed by atoms with Gasteiger partial charge in [0.2, 0.25) is 0 Å². The van der Waals surface area contributed by atoms with Gasteiger partial charge < -0.3 is 11.5 Å². The van der Waals surface area contributed by atoms with Gasteiger partial charge in [0.15, 0.2) is 0 Å². The molecule has 14 heavy (non-hydrogen) atoms. The van der Waals surface area contributed by atoms with Gasteiger partial charge in [-0.15, -0.1) is 0 Å². The quantitative estimate of drug-likeness (QED) is 0.521. The highest BCUT2D eigenvalue weighted by Crippen LogP contribution is 1.93. The van der Waals surface area contributed by atoms with Crippen LogP contribution in [0.3, 0.4) is 0 Å². The Bertz CT molecular complexity index is 270. The summed E-state index contributed by atoms with van der Waals surface area (Å²) in [6.45, 7) is 5.55. The van der Waals surface area contributed by atoms with Gasteiger partial charge in [0.25, 0.3) is 0 Å². The van der Waals surface area contributed by atoms with Gasteiger partial charge in [-0.25, -0.2) is 4.99 Å². The lowest BCUT2D eigenvalue weighted by Gasteiger charge is -1.98. The van der Waals surface area contributed by atoms with Crippen LogP contribution in [0.5, 0.6) is 0 Å². The Balaban J connectivity index is 4.22. The van der Waals surface area contributed by atoms with E-state index >= 15 is 0 Å². The zero-order valence-corrected chi connectivity index (χ0v) is 8.94. The van der Waals surface area contributed by atoms with Crippen molar-refractivity contribution in [1.29, 1.82) is 0 Å². The maximum Gasteiger partial charge on any atom is 0.118 e. The number of rotatable bonds is 4. The summed E-state index contributed by atoms with van der Waals surface area (Å²) in [6, 6.07) is 0.00861. The van der Waals surface area contributed by atoms with E-state index in [-0.39, 0.29) is 6.04 Å². The van der Waals surface area contributed by atoms with E-state index in [1.807, 2.05) is 26.0 Å². The summed E-state index contributed by atoms with van der Waals surface area (Å²) in [6.07, 6.45) is 7.05. The molecule has 0 saturated carbocycles. The standard InChI is InChI=1S/C10H18N4/c1-4-5-10(12)14-8(2)6-7-13-9(3)11/h4-8H,1-3H3,(H2,11,13)(H2,12,14)/b5-4-,7-6-. The lowest BCUT2D eigenvalue weighted by atomic mass is 10.3. The molecule has 78 valence electrons. The summed E-state index contributed by atoms with van der Waals surface area (Å²) in [5.41, 5.74) is 10.9. The average Bonchev–Trinajstić information content (AvgIpc) is 2.03. The molecule has 1 atom stereocenters. The van der Waals surface area contributed by atoms with Gasteiger partial charge in [0.05, 0.1) is 11.9 Å². The Morgan fingerprint density at radius 2 is 2.00 bits per heavy atom. The fraction of sp³-hybridized carbons (Fsp3) is 0.400. The van der Waals surface area contributed by atoms with Gasteiger partial charge in [0.1, 0.15) is 5.84 Å². The van der Waals surface area contributed by atoms with Crippen molar-refractivity contribution in [2.75, 3.05) is 0 Å². The van der Waals surface area contributed by atoms with Crippen LogP contribution in [0.25, 0.3) is 0 Å². The second-order valence-electron chi connectivity index (χ2n) is 2.91. The minimum absolute atomic E-state index is 0.00861. The lowest BCUT2D eigenvalue weighted by molar-refractivity contribution is 0.921. The van der Waals surface area contributed by atoms with E-state index in [4.69, 9.17) is 11.5 Å². The Kier molecular flexibility index (Phi) is 6.11. The van der Waals surface area contributed by atoms with Crippen molar-refractivity contribution in [3.63, 3.8) is 0 Å². The van der Waals surface area contributed by atoms with E-state index in [2.05, 4.69) is 9.98 Å². The largest absolute Gasteiger partial charge is 0.387 e. The van der Waals surface area contributed by atoms with Crippen LogP contribution in [0, 0.1) is 0 Å². The molecule has 4 nitrogen and oxygen atoms in total. The number of hydrogen-bond donors (Lipinski definition) is 2. The number of nitrogens with two attached hydrogens (primary N) is 2. The second-order valence-corrected chi connectivity index (χ2v) is 2.91. The van der Waals surface area contributed by atoms with Crippen LogP contribution >= 0.6 is 0 Å². The first kappa shape index (κ1) is 12.4. The minimum Gasteiger partial charge on any atom is -0.387 e. The molecule has 0 amide bonds. The summed E-state index contributed by atoms with van der Waals surface area (Å²) in [5, 5.41) is 0. The van der Waals surface area contributed by atoms with Crippen molar-refractivity contribution in [3.05, 3.63) is 24.4 Å². The predicted molar refractivity (Wildman–Crippen MR) is 62.3 cm³/mol. The molecule has 0 aromatic heterocycles. The smallest absolute Gasteiger partial charge is 0.118 e. The highest BCUT2D eigenvalue weighted by Gasteiger charge is 1.91. The Hall–Kier alpha value is -1.58. The number of aliphatic imine (C=N–C) groups is 2. The molecule has 0 heterocycles. The lowest BCUT2D eigenvalue weighted by Crippen LogP contribution is -2.11. The summed E-state index contributed by atoms with van der Waals surface area (Å²) in [4.78, 5) is 8.08. The molecule has 1 unspecified atom stereocenters. The summed E-state index contributed by atoms with van der Waals surface area (Å²) >= 11 is 0. The molecule has 0 spiro atoms. The van der Waals surface area contributed by atoms with Crippen molar-refractivity contribution >= 4 is 11.7 Å². The molecular weight excluding hydrogens is 176 g/mol. The minimum atomic E-state index is 0.00861. The number of hydrogen-bond acceptors (Lipinski definition) is 2. The first-order valence-electron chi connectivity index (χ1n) is 4.48. The van der Waals surface area contributed by atoms with Crippen molar-refractivity contribution in [2.45, 2.75) is 26.8 Å². The molecule has 0 fully saturated rings. The van der Waals surface area contributed by atoms with Crippen LogP contribution in [-0.4, -0.2) is 17.7 Å². The number of nitrogens with zero attached hydrogens (tertiary/aromatic N) is 2. The van der Waals surface area contributed by atoms with Gasteiger partial charge in [0, 0.05) is 6.20 Å². The monoisotopic (exact) mass is 194 g/mol.